The molecule has 0 bridgehead atoms. The summed E-state index contributed by atoms with van der Waals surface area (Å²) in [5.74, 6) is 0.312. The lowest BCUT2D eigenvalue weighted by Gasteiger charge is -1.99. The van der Waals surface area contributed by atoms with Gasteiger partial charge in [0.2, 0.25) is 0 Å². The first-order valence-corrected chi connectivity index (χ1v) is 4.33. The van der Waals surface area contributed by atoms with Crippen LogP contribution in [0.3, 0.4) is 0 Å². The van der Waals surface area contributed by atoms with E-state index < -0.39 is 0 Å². The Balaban J connectivity index is 2.89. The van der Waals surface area contributed by atoms with Crippen LogP contribution in [0.1, 0.15) is 5.56 Å². The minimum absolute atomic E-state index is 0.312. The molecule has 3 heteroatoms. The molecule has 1 radical (unpaired) electrons. The molecule has 0 fully saturated rings. The quantitative estimate of drug-likeness (QED) is 0.514. The number of fused-ring (bicyclic) bond motifs is 1. The van der Waals surface area contributed by atoms with Crippen LogP contribution in [-0.4, -0.2) is 0 Å². The molecule has 0 amide bonds. The second-order valence-electron chi connectivity index (χ2n) is 2.65. The molecule has 1 heterocycles. The van der Waals surface area contributed by atoms with Gasteiger partial charge in [0.05, 0.1) is 0 Å². The molecule has 0 N–H and O–H groups in total. The van der Waals surface area contributed by atoms with E-state index in [2.05, 4.69) is 6.07 Å². The maximum Gasteiger partial charge on any atom is 0.336 e. The Morgan fingerprint density at radius 2 is 2.38 bits per heavy atom. The van der Waals surface area contributed by atoms with Crippen LogP contribution in [0.15, 0.2) is 33.5 Å². The lowest BCUT2D eigenvalue weighted by Crippen LogP contribution is -1.98. The Hall–Kier alpha value is -1.28. The SMILES string of the molecule is O=c1cc(CCl)c2cc[c]cc2o1. The first kappa shape index (κ1) is 8.32. The van der Waals surface area contributed by atoms with Crippen LogP contribution in [0.5, 0.6) is 0 Å². The fraction of sp³-hybridized carbons (Fsp3) is 0.100. The summed E-state index contributed by atoms with van der Waals surface area (Å²) in [5.41, 5.74) is 0.954. The molecule has 65 valence electrons. The van der Waals surface area contributed by atoms with E-state index in [0.29, 0.717) is 11.5 Å². The molecular formula is C10H6ClO2. The number of hydrogen-bond acceptors (Lipinski definition) is 2. The largest absolute Gasteiger partial charge is 0.423 e. The number of rotatable bonds is 1. The maximum absolute atomic E-state index is 11.0. The van der Waals surface area contributed by atoms with Crippen LogP contribution in [0.4, 0.5) is 0 Å². The second-order valence-corrected chi connectivity index (χ2v) is 2.91. The van der Waals surface area contributed by atoms with Gasteiger partial charge in [-0.05, 0) is 17.7 Å². The molecular weight excluding hydrogens is 188 g/mol. The highest BCUT2D eigenvalue weighted by molar-refractivity contribution is 6.17. The van der Waals surface area contributed by atoms with Crippen LogP contribution in [0, 0.1) is 6.07 Å². The van der Waals surface area contributed by atoms with Gasteiger partial charge in [0.15, 0.2) is 0 Å². The van der Waals surface area contributed by atoms with Gasteiger partial charge >= 0.3 is 5.63 Å². The Morgan fingerprint density at radius 1 is 1.54 bits per heavy atom. The van der Waals surface area contributed by atoms with Gasteiger partial charge in [0, 0.05) is 17.3 Å². The van der Waals surface area contributed by atoms with Gasteiger partial charge in [0.1, 0.15) is 5.58 Å². The van der Waals surface area contributed by atoms with Gasteiger partial charge in [-0.1, -0.05) is 12.1 Å². The molecule has 1 aromatic carbocycles. The predicted molar refractivity (Wildman–Crippen MR) is 50.9 cm³/mol. The monoisotopic (exact) mass is 193 g/mol. The van der Waals surface area contributed by atoms with Crippen molar-refractivity contribution in [3.63, 3.8) is 0 Å². The Kier molecular flexibility index (Phi) is 2.07. The lowest BCUT2D eigenvalue weighted by atomic mass is 10.1. The van der Waals surface area contributed by atoms with E-state index in [4.69, 9.17) is 16.0 Å². The third-order valence-corrected chi connectivity index (χ3v) is 2.11. The van der Waals surface area contributed by atoms with Gasteiger partial charge in [-0.3, -0.25) is 0 Å². The molecule has 0 saturated carbocycles. The zero-order chi connectivity index (χ0) is 9.26. The first-order chi connectivity index (χ1) is 6.31. The van der Waals surface area contributed by atoms with Gasteiger partial charge < -0.3 is 4.42 Å². The van der Waals surface area contributed by atoms with Crippen molar-refractivity contribution in [3.8, 4) is 0 Å². The van der Waals surface area contributed by atoms with E-state index in [9.17, 15) is 4.79 Å². The summed E-state index contributed by atoms with van der Waals surface area (Å²) in [6.45, 7) is 0. The van der Waals surface area contributed by atoms with E-state index in [1.54, 1.807) is 12.1 Å². The fourth-order valence-electron chi connectivity index (χ4n) is 1.23. The average Bonchev–Trinajstić information content (AvgIpc) is 2.16. The van der Waals surface area contributed by atoms with Crippen molar-refractivity contribution >= 4 is 22.6 Å². The summed E-state index contributed by atoms with van der Waals surface area (Å²) in [6.07, 6.45) is 0. The van der Waals surface area contributed by atoms with Crippen molar-refractivity contribution in [1.29, 1.82) is 0 Å². The van der Waals surface area contributed by atoms with Gasteiger partial charge in [-0.15, -0.1) is 11.6 Å². The first-order valence-electron chi connectivity index (χ1n) is 3.80. The van der Waals surface area contributed by atoms with Crippen molar-refractivity contribution in [2.75, 3.05) is 0 Å². The highest BCUT2D eigenvalue weighted by Crippen LogP contribution is 2.17. The van der Waals surface area contributed by atoms with Gasteiger partial charge in [0.25, 0.3) is 0 Å². The normalized spacial score (nSPS) is 10.5. The highest BCUT2D eigenvalue weighted by atomic mass is 35.5. The van der Waals surface area contributed by atoms with E-state index in [0.717, 1.165) is 10.9 Å². The molecule has 0 aliphatic heterocycles. The highest BCUT2D eigenvalue weighted by Gasteiger charge is 2.02. The van der Waals surface area contributed by atoms with Crippen LogP contribution >= 0.6 is 11.6 Å². The molecule has 13 heavy (non-hydrogen) atoms. The third kappa shape index (κ3) is 1.45. The Morgan fingerprint density at radius 3 is 3.15 bits per heavy atom. The number of hydrogen-bond donors (Lipinski definition) is 0. The molecule has 0 unspecified atom stereocenters. The summed E-state index contributed by atoms with van der Waals surface area (Å²) < 4.78 is 4.96. The van der Waals surface area contributed by atoms with E-state index in [1.165, 1.54) is 6.07 Å². The van der Waals surface area contributed by atoms with Crippen LogP contribution in [0.2, 0.25) is 0 Å². The zero-order valence-corrected chi connectivity index (χ0v) is 7.47. The van der Waals surface area contributed by atoms with Crippen molar-refractivity contribution in [3.05, 3.63) is 46.3 Å². The third-order valence-electron chi connectivity index (χ3n) is 1.82. The molecule has 0 spiro atoms. The van der Waals surface area contributed by atoms with Crippen LogP contribution in [0.25, 0.3) is 11.0 Å². The molecule has 0 aliphatic rings. The molecule has 0 aliphatic carbocycles. The standard InChI is InChI=1S/C10H6ClO2/c11-6-7-5-10(12)13-9-4-2-1-3-8(7)9/h1,3-5H,6H2. The summed E-state index contributed by atoms with van der Waals surface area (Å²) >= 11 is 5.69. The second kappa shape index (κ2) is 3.23. The predicted octanol–water partition coefficient (Wildman–Crippen LogP) is 2.33. The maximum atomic E-state index is 11.0. The van der Waals surface area contributed by atoms with Crippen LogP contribution in [-0.2, 0) is 5.88 Å². The van der Waals surface area contributed by atoms with E-state index in [1.807, 2.05) is 6.07 Å². The molecule has 1 aromatic heterocycles. The van der Waals surface area contributed by atoms with Gasteiger partial charge in [-0.25, -0.2) is 4.79 Å². The van der Waals surface area contributed by atoms with Crippen molar-refractivity contribution in [2.45, 2.75) is 5.88 Å². The molecule has 0 atom stereocenters. The number of benzene rings is 1. The summed E-state index contributed by atoms with van der Waals surface area (Å²) in [6, 6.07) is 9.47. The van der Waals surface area contributed by atoms with E-state index in [-0.39, 0.29) is 5.63 Å². The van der Waals surface area contributed by atoms with Crippen molar-refractivity contribution in [2.24, 2.45) is 0 Å². The van der Waals surface area contributed by atoms with E-state index >= 15 is 0 Å². The smallest absolute Gasteiger partial charge is 0.336 e. The lowest BCUT2D eigenvalue weighted by molar-refractivity contribution is 0.559. The topological polar surface area (TPSA) is 30.2 Å². The molecule has 2 nitrogen and oxygen atoms in total. The molecule has 2 rings (SSSR count). The molecule has 2 aromatic rings. The fourth-order valence-corrected chi connectivity index (χ4v) is 1.45. The minimum Gasteiger partial charge on any atom is -0.423 e. The average molecular weight is 194 g/mol. The number of alkyl halides is 1. The summed E-state index contributed by atoms with van der Waals surface area (Å²) in [7, 11) is 0. The van der Waals surface area contributed by atoms with Crippen molar-refractivity contribution < 1.29 is 4.42 Å². The Bertz CT molecular complexity index is 487. The molecule has 0 saturated heterocycles. The van der Waals surface area contributed by atoms with Crippen molar-refractivity contribution in [1.82, 2.24) is 0 Å². The zero-order valence-electron chi connectivity index (χ0n) is 6.71. The number of halogens is 1. The Labute approximate surface area is 79.7 Å². The minimum atomic E-state index is -0.372. The summed E-state index contributed by atoms with van der Waals surface area (Å²) in [5, 5.41) is 0.869. The summed E-state index contributed by atoms with van der Waals surface area (Å²) in [4.78, 5) is 11.0. The van der Waals surface area contributed by atoms with Gasteiger partial charge in [-0.2, -0.15) is 0 Å². The van der Waals surface area contributed by atoms with Crippen LogP contribution < -0.4 is 5.63 Å².